The van der Waals surface area contributed by atoms with Crippen molar-refractivity contribution >= 4 is 22.7 Å². The molecule has 0 aliphatic rings. The SMILES string of the molecule is CC(C[Si](C)(C)O[Si](C)(C)CCC(F)(F)F)c1cccc(C(C)(C)N=C=O)c1. The van der Waals surface area contributed by atoms with Gasteiger partial charge in [-0.15, -0.1) is 0 Å². The van der Waals surface area contributed by atoms with Gasteiger partial charge in [-0.05, 0) is 69.2 Å². The molecule has 0 amide bonds. The van der Waals surface area contributed by atoms with Gasteiger partial charge in [-0.25, -0.2) is 4.79 Å². The molecule has 0 N–H and O–H groups in total. The molecule has 0 saturated carbocycles. The molecule has 0 aliphatic carbocycles. The molecule has 1 rings (SSSR count). The first-order valence-corrected chi connectivity index (χ1v) is 15.8. The van der Waals surface area contributed by atoms with Crippen LogP contribution in [0.5, 0.6) is 0 Å². The van der Waals surface area contributed by atoms with E-state index < -0.39 is 34.8 Å². The van der Waals surface area contributed by atoms with Gasteiger partial charge in [0.25, 0.3) is 0 Å². The third-order valence-corrected chi connectivity index (χ3v) is 12.3. The number of halogens is 3. The highest BCUT2D eigenvalue weighted by atomic mass is 28.4. The summed E-state index contributed by atoms with van der Waals surface area (Å²) in [5.74, 6) is 0.199. The Morgan fingerprint density at radius 3 is 2.29 bits per heavy atom. The summed E-state index contributed by atoms with van der Waals surface area (Å²) < 4.78 is 44.1. The lowest BCUT2D eigenvalue weighted by Gasteiger charge is -2.36. The highest BCUT2D eigenvalue weighted by Crippen LogP contribution is 2.34. The van der Waals surface area contributed by atoms with Crippen LogP contribution < -0.4 is 0 Å². The summed E-state index contributed by atoms with van der Waals surface area (Å²) in [7, 11) is -4.53. The quantitative estimate of drug-likeness (QED) is 0.247. The van der Waals surface area contributed by atoms with Crippen LogP contribution in [0.4, 0.5) is 13.2 Å². The van der Waals surface area contributed by atoms with Crippen molar-refractivity contribution in [1.82, 2.24) is 0 Å². The number of rotatable bonds is 9. The number of carbonyl (C=O) groups excluding carboxylic acids is 1. The van der Waals surface area contributed by atoms with Gasteiger partial charge >= 0.3 is 6.18 Å². The van der Waals surface area contributed by atoms with Crippen molar-refractivity contribution in [2.75, 3.05) is 0 Å². The Bertz CT molecular complexity index is 712. The van der Waals surface area contributed by atoms with Crippen molar-refractivity contribution in [3.63, 3.8) is 0 Å². The predicted octanol–water partition coefficient (Wildman–Crippen LogP) is 6.74. The Kier molecular flexibility index (Phi) is 8.04. The van der Waals surface area contributed by atoms with Gasteiger partial charge in [-0.2, -0.15) is 18.2 Å². The van der Waals surface area contributed by atoms with Crippen LogP contribution in [0.25, 0.3) is 0 Å². The van der Waals surface area contributed by atoms with Gasteiger partial charge in [0.2, 0.25) is 6.08 Å². The molecule has 1 atom stereocenters. The number of isocyanates is 1. The average Bonchev–Trinajstić information content (AvgIpc) is 2.51. The Morgan fingerprint density at radius 2 is 1.75 bits per heavy atom. The molecular formula is C20H32F3NO2Si2. The van der Waals surface area contributed by atoms with Crippen molar-refractivity contribution in [3.8, 4) is 0 Å². The van der Waals surface area contributed by atoms with Gasteiger partial charge < -0.3 is 4.12 Å². The van der Waals surface area contributed by atoms with Gasteiger partial charge in [-0.3, -0.25) is 0 Å². The van der Waals surface area contributed by atoms with Crippen molar-refractivity contribution in [2.45, 2.75) is 83.1 Å². The molecule has 0 aromatic heterocycles. The number of nitrogens with zero attached hydrogens (tertiary/aromatic N) is 1. The fourth-order valence-electron chi connectivity index (χ4n) is 3.54. The molecule has 158 valence electrons. The Labute approximate surface area is 168 Å². The maximum absolute atomic E-state index is 12.6. The smallest absolute Gasteiger partial charge is 0.388 e. The zero-order chi connectivity index (χ0) is 21.8. The van der Waals surface area contributed by atoms with Crippen LogP contribution in [-0.2, 0) is 14.4 Å². The van der Waals surface area contributed by atoms with Gasteiger partial charge in [0.15, 0.2) is 16.6 Å². The molecule has 1 aromatic rings. The summed E-state index contributed by atoms with van der Waals surface area (Å²) in [6, 6.07) is 8.86. The van der Waals surface area contributed by atoms with E-state index in [2.05, 4.69) is 25.0 Å². The van der Waals surface area contributed by atoms with Crippen LogP contribution in [0.15, 0.2) is 29.3 Å². The number of alkyl halides is 3. The fourth-order valence-corrected chi connectivity index (χ4v) is 12.9. The van der Waals surface area contributed by atoms with Crippen LogP contribution >= 0.6 is 0 Å². The lowest BCUT2D eigenvalue weighted by atomic mass is 9.91. The maximum Gasteiger partial charge on any atom is 0.388 e. The summed E-state index contributed by atoms with van der Waals surface area (Å²) in [6.07, 6.45) is -3.28. The van der Waals surface area contributed by atoms with Crippen molar-refractivity contribution in [3.05, 3.63) is 35.4 Å². The van der Waals surface area contributed by atoms with Crippen LogP contribution in [-0.4, -0.2) is 28.9 Å². The topological polar surface area (TPSA) is 38.7 Å². The highest BCUT2D eigenvalue weighted by molar-refractivity contribution is 6.84. The molecule has 0 spiro atoms. The van der Waals surface area contributed by atoms with E-state index in [1.165, 1.54) is 0 Å². The Morgan fingerprint density at radius 1 is 1.14 bits per heavy atom. The zero-order valence-electron chi connectivity index (χ0n) is 17.9. The van der Waals surface area contributed by atoms with Crippen LogP contribution in [0.2, 0.25) is 38.3 Å². The fraction of sp³-hybridized carbons (Fsp3) is 0.650. The van der Waals surface area contributed by atoms with Gasteiger partial charge in [0, 0.05) is 6.42 Å². The minimum Gasteiger partial charge on any atom is -0.455 e. The third-order valence-electron chi connectivity index (χ3n) is 4.85. The second-order valence-electron chi connectivity index (χ2n) is 9.23. The van der Waals surface area contributed by atoms with Crippen LogP contribution in [0.3, 0.4) is 0 Å². The van der Waals surface area contributed by atoms with E-state index >= 15 is 0 Å². The van der Waals surface area contributed by atoms with Gasteiger partial charge in [-0.1, -0.05) is 31.2 Å². The summed E-state index contributed by atoms with van der Waals surface area (Å²) in [5.41, 5.74) is 1.40. The molecule has 1 aromatic carbocycles. The van der Waals surface area contributed by atoms with Crippen molar-refractivity contribution in [2.24, 2.45) is 4.99 Å². The van der Waals surface area contributed by atoms with E-state index in [1.807, 2.05) is 51.2 Å². The molecule has 0 fully saturated rings. The molecule has 0 aliphatic heterocycles. The largest absolute Gasteiger partial charge is 0.455 e. The van der Waals surface area contributed by atoms with E-state index in [1.54, 1.807) is 6.08 Å². The lowest BCUT2D eigenvalue weighted by Crippen LogP contribution is -2.45. The van der Waals surface area contributed by atoms with Crippen molar-refractivity contribution in [1.29, 1.82) is 0 Å². The zero-order valence-corrected chi connectivity index (χ0v) is 19.9. The Balaban J connectivity index is 2.88. The first kappa shape index (κ1) is 24.8. The second kappa shape index (κ2) is 9.07. The Hall–Kier alpha value is -1.22. The van der Waals surface area contributed by atoms with E-state index in [0.717, 1.165) is 17.2 Å². The predicted molar refractivity (Wildman–Crippen MR) is 112 cm³/mol. The normalized spacial score (nSPS) is 14.5. The summed E-state index contributed by atoms with van der Waals surface area (Å²) in [6.45, 7) is 13.7. The molecule has 8 heteroatoms. The molecule has 0 heterocycles. The molecule has 28 heavy (non-hydrogen) atoms. The monoisotopic (exact) mass is 431 g/mol. The molecule has 3 nitrogen and oxygen atoms in total. The van der Waals surface area contributed by atoms with E-state index in [0.29, 0.717) is 0 Å². The lowest BCUT2D eigenvalue weighted by molar-refractivity contribution is -0.131. The first-order valence-electron chi connectivity index (χ1n) is 9.53. The molecule has 0 bridgehead atoms. The first-order chi connectivity index (χ1) is 12.6. The summed E-state index contributed by atoms with van der Waals surface area (Å²) in [5, 5.41) is 0. The van der Waals surface area contributed by atoms with E-state index in [4.69, 9.17) is 4.12 Å². The highest BCUT2D eigenvalue weighted by Gasteiger charge is 2.38. The van der Waals surface area contributed by atoms with Crippen LogP contribution in [0.1, 0.15) is 44.2 Å². The number of hydrogen-bond donors (Lipinski definition) is 0. The minimum atomic E-state index is -4.14. The molecule has 0 radical (unpaired) electrons. The summed E-state index contributed by atoms with van der Waals surface area (Å²) >= 11 is 0. The van der Waals surface area contributed by atoms with Crippen molar-refractivity contribution < 1.29 is 22.1 Å². The number of hydrogen-bond acceptors (Lipinski definition) is 3. The van der Waals surface area contributed by atoms with Crippen LogP contribution in [0, 0.1) is 0 Å². The van der Waals surface area contributed by atoms with E-state index in [9.17, 15) is 18.0 Å². The number of benzene rings is 1. The third kappa shape index (κ3) is 8.43. The summed E-state index contributed by atoms with van der Waals surface area (Å²) in [4.78, 5) is 14.6. The van der Waals surface area contributed by atoms with Gasteiger partial charge in [0.1, 0.15) is 0 Å². The second-order valence-corrected chi connectivity index (χ2v) is 18.0. The minimum absolute atomic E-state index is 0.0919. The van der Waals surface area contributed by atoms with E-state index in [-0.39, 0.29) is 12.0 Å². The standard InChI is InChI=1S/C20H32F3NO2Si2/c1-16(17-9-8-10-18(13-17)19(2,3)24-15-25)14-28(6,7)26-27(4,5)12-11-20(21,22)23/h8-10,13,16H,11-12,14H2,1-7H3. The molecule has 1 unspecified atom stereocenters. The average molecular weight is 432 g/mol. The maximum atomic E-state index is 12.6. The molecule has 0 saturated heterocycles. The number of aliphatic imine (C=N–C) groups is 1. The van der Waals surface area contributed by atoms with Gasteiger partial charge in [0.05, 0.1) is 5.54 Å². The molecular weight excluding hydrogens is 399 g/mol.